The van der Waals surface area contributed by atoms with Gasteiger partial charge in [0.1, 0.15) is 6.10 Å². The van der Waals surface area contributed by atoms with Crippen molar-refractivity contribution in [1.82, 2.24) is 10.2 Å². The summed E-state index contributed by atoms with van der Waals surface area (Å²) in [5, 5.41) is 2.99. The van der Waals surface area contributed by atoms with Gasteiger partial charge in [0, 0.05) is 32.5 Å². The smallest absolute Gasteiger partial charge is 0.317 e. The Morgan fingerprint density at radius 3 is 2.71 bits per heavy atom. The van der Waals surface area contributed by atoms with Crippen LogP contribution in [0.25, 0.3) is 0 Å². The average molecular weight is 296 g/mol. The zero-order chi connectivity index (χ0) is 14.9. The molecule has 120 valence electrons. The molecule has 0 aromatic carbocycles. The first-order valence-electron chi connectivity index (χ1n) is 8.42. The lowest BCUT2D eigenvalue weighted by atomic mass is 9.94. The van der Waals surface area contributed by atoms with Crippen molar-refractivity contribution < 1.29 is 14.3 Å². The van der Waals surface area contributed by atoms with E-state index >= 15 is 0 Å². The molecule has 2 aliphatic carbocycles. The van der Waals surface area contributed by atoms with E-state index in [0.717, 1.165) is 12.8 Å². The van der Waals surface area contributed by atoms with Crippen molar-refractivity contribution in [3.63, 3.8) is 0 Å². The van der Waals surface area contributed by atoms with Gasteiger partial charge in [-0.05, 0) is 38.5 Å². The second-order valence-corrected chi connectivity index (χ2v) is 6.90. The van der Waals surface area contributed by atoms with Crippen LogP contribution >= 0.6 is 0 Å². The molecule has 21 heavy (non-hydrogen) atoms. The van der Waals surface area contributed by atoms with Crippen LogP contribution in [0.3, 0.4) is 0 Å². The number of amides is 2. The molecular formula is C16H28N2O3. The van der Waals surface area contributed by atoms with Crippen LogP contribution in [-0.4, -0.2) is 49.1 Å². The second kappa shape index (κ2) is 6.13. The lowest BCUT2D eigenvalue weighted by Crippen LogP contribution is -2.46. The monoisotopic (exact) mass is 296 g/mol. The van der Waals surface area contributed by atoms with Gasteiger partial charge in [-0.25, -0.2) is 4.79 Å². The summed E-state index contributed by atoms with van der Waals surface area (Å²) >= 11 is 0. The van der Waals surface area contributed by atoms with Crippen molar-refractivity contribution in [3.05, 3.63) is 0 Å². The number of hydrogen-bond donors (Lipinski definition) is 1. The molecule has 2 saturated carbocycles. The fourth-order valence-corrected chi connectivity index (χ4v) is 3.48. The summed E-state index contributed by atoms with van der Waals surface area (Å²) in [5.74, 6) is 0.346. The van der Waals surface area contributed by atoms with Crippen molar-refractivity contribution in [3.8, 4) is 0 Å². The van der Waals surface area contributed by atoms with E-state index in [1.807, 2.05) is 11.9 Å². The van der Waals surface area contributed by atoms with Gasteiger partial charge in [-0.1, -0.05) is 6.42 Å². The Labute approximate surface area is 127 Å². The van der Waals surface area contributed by atoms with Crippen LogP contribution < -0.4 is 5.32 Å². The van der Waals surface area contributed by atoms with E-state index in [9.17, 15) is 4.79 Å². The third-order valence-corrected chi connectivity index (χ3v) is 5.25. The number of carbonyl (C=O) groups is 1. The largest absolute Gasteiger partial charge is 0.347 e. The maximum absolute atomic E-state index is 12.2. The Balaban J connectivity index is 1.42. The minimum absolute atomic E-state index is 0.00240. The lowest BCUT2D eigenvalue weighted by Gasteiger charge is -2.32. The van der Waals surface area contributed by atoms with Crippen LogP contribution in [0, 0.1) is 5.92 Å². The van der Waals surface area contributed by atoms with Gasteiger partial charge in [0.25, 0.3) is 0 Å². The summed E-state index contributed by atoms with van der Waals surface area (Å²) in [7, 11) is 1.88. The van der Waals surface area contributed by atoms with E-state index < -0.39 is 0 Å². The Hall–Kier alpha value is -0.810. The molecule has 1 saturated heterocycles. The molecule has 3 aliphatic rings. The quantitative estimate of drug-likeness (QED) is 0.867. The Kier molecular flexibility index (Phi) is 4.41. The molecule has 2 amide bonds. The molecule has 3 rings (SSSR count). The minimum Gasteiger partial charge on any atom is -0.347 e. The molecule has 3 fully saturated rings. The number of rotatable bonds is 4. The fourth-order valence-electron chi connectivity index (χ4n) is 3.48. The van der Waals surface area contributed by atoms with Crippen LogP contribution in [0.4, 0.5) is 4.79 Å². The van der Waals surface area contributed by atoms with Crippen molar-refractivity contribution >= 4 is 6.03 Å². The highest BCUT2D eigenvalue weighted by Crippen LogP contribution is 2.37. The molecule has 0 aromatic heterocycles. The van der Waals surface area contributed by atoms with Gasteiger partial charge in [-0.2, -0.15) is 0 Å². The van der Waals surface area contributed by atoms with Gasteiger partial charge >= 0.3 is 6.03 Å². The van der Waals surface area contributed by atoms with E-state index in [2.05, 4.69) is 12.2 Å². The molecule has 1 heterocycles. The predicted molar refractivity (Wildman–Crippen MR) is 80.0 cm³/mol. The highest BCUT2D eigenvalue weighted by Gasteiger charge is 2.42. The van der Waals surface area contributed by atoms with E-state index in [1.54, 1.807) is 0 Å². The first-order valence-corrected chi connectivity index (χ1v) is 8.42. The maximum atomic E-state index is 12.2. The van der Waals surface area contributed by atoms with Gasteiger partial charge in [0.2, 0.25) is 0 Å². The topological polar surface area (TPSA) is 50.8 Å². The van der Waals surface area contributed by atoms with Crippen LogP contribution in [0.1, 0.15) is 51.9 Å². The van der Waals surface area contributed by atoms with E-state index in [0.29, 0.717) is 25.1 Å². The summed E-state index contributed by atoms with van der Waals surface area (Å²) in [6.07, 6.45) is 8.13. The standard InChI is InChI=1S/C16H28N2O3/c1-12(13-6-7-13)18(2)15(19)17-10-14-11-20-16(21-14)8-4-3-5-9-16/h12-14H,3-11H2,1-2H3,(H,17,19)/t12-,14+/m0/s1. The maximum Gasteiger partial charge on any atom is 0.317 e. The third kappa shape index (κ3) is 3.51. The molecule has 0 bridgehead atoms. The molecule has 1 aliphatic heterocycles. The Bertz CT molecular complexity index is 378. The molecule has 0 unspecified atom stereocenters. The number of ether oxygens (including phenoxy) is 2. The Morgan fingerprint density at radius 2 is 2.05 bits per heavy atom. The number of hydrogen-bond acceptors (Lipinski definition) is 3. The summed E-state index contributed by atoms with van der Waals surface area (Å²) in [4.78, 5) is 14.0. The second-order valence-electron chi connectivity index (χ2n) is 6.90. The lowest BCUT2D eigenvalue weighted by molar-refractivity contribution is -0.186. The van der Waals surface area contributed by atoms with Gasteiger partial charge in [-0.15, -0.1) is 0 Å². The van der Waals surface area contributed by atoms with E-state index in [4.69, 9.17) is 9.47 Å². The van der Waals surface area contributed by atoms with Crippen molar-refractivity contribution in [2.75, 3.05) is 20.2 Å². The Morgan fingerprint density at radius 1 is 1.33 bits per heavy atom. The number of nitrogens with one attached hydrogen (secondary N) is 1. The summed E-state index contributed by atoms with van der Waals surface area (Å²) < 4.78 is 12.0. The van der Waals surface area contributed by atoms with Crippen molar-refractivity contribution in [1.29, 1.82) is 0 Å². The molecule has 0 radical (unpaired) electrons. The zero-order valence-electron chi connectivity index (χ0n) is 13.3. The van der Waals surface area contributed by atoms with Gasteiger partial charge in [-0.3, -0.25) is 0 Å². The third-order valence-electron chi connectivity index (χ3n) is 5.25. The molecule has 2 atom stereocenters. The number of urea groups is 1. The summed E-state index contributed by atoms with van der Waals surface area (Å²) in [5.41, 5.74) is 0. The predicted octanol–water partition coefficient (Wildman–Crippen LogP) is 2.50. The molecule has 1 N–H and O–H groups in total. The first kappa shape index (κ1) is 15.1. The highest BCUT2D eigenvalue weighted by atomic mass is 16.7. The molecular weight excluding hydrogens is 268 g/mol. The van der Waals surface area contributed by atoms with Gasteiger partial charge < -0.3 is 19.7 Å². The minimum atomic E-state index is -0.346. The first-order chi connectivity index (χ1) is 10.1. The molecule has 5 nitrogen and oxygen atoms in total. The summed E-state index contributed by atoms with van der Waals surface area (Å²) in [6.45, 7) is 3.27. The molecule has 1 spiro atoms. The zero-order valence-corrected chi connectivity index (χ0v) is 13.3. The van der Waals surface area contributed by atoms with E-state index in [1.165, 1.54) is 32.1 Å². The number of carbonyl (C=O) groups excluding carboxylic acids is 1. The molecule has 5 heteroatoms. The normalized spacial score (nSPS) is 29.3. The fraction of sp³-hybridized carbons (Fsp3) is 0.938. The van der Waals surface area contributed by atoms with Crippen molar-refractivity contribution in [2.24, 2.45) is 5.92 Å². The summed E-state index contributed by atoms with van der Waals surface area (Å²) in [6, 6.07) is 0.332. The average Bonchev–Trinajstić information content (AvgIpc) is 3.28. The number of nitrogens with zero attached hydrogens (tertiary/aromatic N) is 1. The van der Waals surface area contributed by atoms with E-state index in [-0.39, 0.29) is 17.9 Å². The van der Waals surface area contributed by atoms with Crippen LogP contribution in [0.15, 0.2) is 0 Å². The van der Waals surface area contributed by atoms with Crippen LogP contribution in [0.5, 0.6) is 0 Å². The SMILES string of the molecule is C[C@@H](C1CC1)N(C)C(=O)NC[C@@H]1COC2(CCCCC2)O1. The highest BCUT2D eigenvalue weighted by molar-refractivity contribution is 5.74. The molecule has 0 aromatic rings. The van der Waals surface area contributed by atoms with Crippen LogP contribution in [0.2, 0.25) is 0 Å². The van der Waals surface area contributed by atoms with Gasteiger partial charge in [0.05, 0.1) is 6.61 Å². The van der Waals surface area contributed by atoms with Crippen molar-refractivity contribution in [2.45, 2.75) is 69.8 Å². The van der Waals surface area contributed by atoms with Gasteiger partial charge in [0.15, 0.2) is 5.79 Å². The van der Waals surface area contributed by atoms with Crippen LogP contribution in [-0.2, 0) is 9.47 Å².